The summed E-state index contributed by atoms with van der Waals surface area (Å²) in [5.41, 5.74) is 3.16. The Kier molecular flexibility index (Phi) is 8.94. The number of rotatable bonds is 8. The van der Waals surface area contributed by atoms with Gasteiger partial charge in [0.2, 0.25) is 5.91 Å². The quantitative estimate of drug-likeness (QED) is 0.477. The number of aryl methyl sites for hydroxylation is 1. The second-order valence-corrected chi connectivity index (χ2v) is 9.18. The fraction of sp³-hybridized carbons (Fsp3) is 0.423. The first-order chi connectivity index (χ1) is 16.5. The Balaban J connectivity index is 1.48. The lowest BCUT2D eigenvalue weighted by Crippen LogP contribution is -2.42. The normalized spacial score (nSPS) is 13.7. The van der Waals surface area contributed by atoms with Crippen LogP contribution in [0, 0.1) is 0 Å². The fourth-order valence-electron chi connectivity index (χ4n) is 4.13. The summed E-state index contributed by atoms with van der Waals surface area (Å²) in [6, 6.07) is 12.6. The fourth-order valence-corrected chi connectivity index (χ4v) is 4.26. The van der Waals surface area contributed by atoms with E-state index in [1.165, 1.54) is 0 Å². The Morgan fingerprint density at radius 2 is 1.63 bits per heavy atom. The summed E-state index contributed by atoms with van der Waals surface area (Å²) >= 11 is 5.88. The molecule has 0 N–H and O–H groups in total. The monoisotopic (exact) mass is 508 g/mol. The minimum absolute atomic E-state index is 0.0164. The van der Waals surface area contributed by atoms with Gasteiger partial charge in [-0.15, -0.1) is 0 Å². The molecular weight excluding hydrogens is 481 g/mol. The van der Waals surface area contributed by atoms with Gasteiger partial charge in [0, 0.05) is 50.1 Å². The van der Waals surface area contributed by atoms with Crippen molar-refractivity contribution in [2.75, 3.05) is 26.7 Å². The highest BCUT2D eigenvalue weighted by Gasteiger charge is 2.42. The molecule has 0 aliphatic carbocycles. The van der Waals surface area contributed by atoms with Crippen molar-refractivity contribution in [3.05, 3.63) is 69.7 Å². The highest BCUT2D eigenvalue weighted by atomic mass is 35.5. The van der Waals surface area contributed by atoms with Crippen LogP contribution in [0.2, 0.25) is 5.02 Å². The SMILES string of the molecule is CN(CCCc1ccc(Cl)cc1)C(=O)CCC(=O)c1ccc2c(c1)CCN(C(=O)C(F)(F)F)CC2. The molecule has 0 spiro atoms. The Bertz CT molecular complexity index is 1070. The Labute approximate surface area is 207 Å². The van der Waals surface area contributed by atoms with Crippen LogP contribution in [0.25, 0.3) is 0 Å². The average Bonchev–Trinajstić information content (AvgIpc) is 3.04. The van der Waals surface area contributed by atoms with Crippen molar-refractivity contribution in [3.8, 4) is 0 Å². The maximum Gasteiger partial charge on any atom is 0.471 e. The lowest BCUT2D eigenvalue weighted by molar-refractivity contribution is -0.185. The Morgan fingerprint density at radius 1 is 0.971 bits per heavy atom. The highest BCUT2D eigenvalue weighted by molar-refractivity contribution is 6.30. The summed E-state index contributed by atoms with van der Waals surface area (Å²) in [5.74, 6) is -2.15. The lowest BCUT2D eigenvalue weighted by atomic mass is 9.97. The number of benzene rings is 2. The zero-order valence-corrected chi connectivity index (χ0v) is 20.3. The molecule has 0 saturated carbocycles. The maximum atomic E-state index is 12.8. The number of nitrogens with zero attached hydrogens (tertiary/aromatic N) is 2. The van der Waals surface area contributed by atoms with Gasteiger partial charge < -0.3 is 9.80 Å². The van der Waals surface area contributed by atoms with Crippen molar-refractivity contribution in [2.24, 2.45) is 0 Å². The second-order valence-electron chi connectivity index (χ2n) is 8.74. The minimum Gasteiger partial charge on any atom is -0.346 e. The molecule has 0 bridgehead atoms. The molecule has 9 heteroatoms. The van der Waals surface area contributed by atoms with E-state index in [1.807, 2.05) is 24.3 Å². The third kappa shape index (κ3) is 7.56. The van der Waals surface area contributed by atoms with Gasteiger partial charge in [-0.3, -0.25) is 14.4 Å². The third-order valence-electron chi connectivity index (χ3n) is 6.22. The Hall–Kier alpha value is -2.87. The topological polar surface area (TPSA) is 57.7 Å². The van der Waals surface area contributed by atoms with Crippen molar-refractivity contribution in [3.63, 3.8) is 0 Å². The number of carbonyl (C=O) groups excluding carboxylic acids is 3. The first-order valence-electron chi connectivity index (χ1n) is 11.5. The van der Waals surface area contributed by atoms with Crippen LogP contribution in [0.4, 0.5) is 13.2 Å². The van der Waals surface area contributed by atoms with Gasteiger partial charge in [-0.1, -0.05) is 35.9 Å². The molecule has 1 aliphatic heterocycles. The molecule has 35 heavy (non-hydrogen) atoms. The molecule has 188 valence electrons. The minimum atomic E-state index is -4.90. The van der Waals surface area contributed by atoms with E-state index in [0.717, 1.165) is 34.4 Å². The predicted molar refractivity (Wildman–Crippen MR) is 127 cm³/mol. The first-order valence-corrected chi connectivity index (χ1v) is 11.9. The van der Waals surface area contributed by atoms with E-state index < -0.39 is 12.1 Å². The molecule has 0 atom stereocenters. The van der Waals surface area contributed by atoms with E-state index in [2.05, 4.69) is 0 Å². The summed E-state index contributed by atoms with van der Waals surface area (Å²) in [6.07, 6.45) is -2.62. The smallest absolute Gasteiger partial charge is 0.346 e. The molecule has 2 amide bonds. The van der Waals surface area contributed by atoms with Gasteiger partial charge in [0.05, 0.1) is 0 Å². The van der Waals surface area contributed by atoms with Crippen LogP contribution in [0.1, 0.15) is 46.3 Å². The number of fused-ring (bicyclic) bond motifs is 1. The van der Waals surface area contributed by atoms with Gasteiger partial charge in [0.15, 0.2) is 5.78 Å². The largest absolute Gasteiger partial charge is 0.471 e. The van der Waals surface area contributed by atoms with Crippen LogP contribution in [0.5, 0.6) is 0 Å². The van der Waals surface area contributed by atoms with Crippen molar-refractivity contribution < 1.29 is 27.6 Å². The molecule has 0 radical (unpaired) electrons. The van der Waals surface area contributed by atoms with Crippen LogP contribution >= 0.6 is 11.6 Å². The standard InChI is InChI=1S/C26H28ClF3N2O3/c1-31(14-2-3-18-4-8-22(27)9-5-18)24(34)11-10-23(33)21-7-6-19-12-15-32(16-13-20(19)17-21)25(35)26(28,29)30/h4-9,17H,2-3,10-16H2,1H3. The molecule has 5 nitrogen and oxygen atoms in total. The summed E-state index contributed by atoms with van der Waals surface area (Å²) in [5, 5.41) is 0.679. The number of hydrogen-bond donors (Lipinski definition) is 0. The number of amides is 2. The lowest BCUT2D eigenvalue weighted by Gasteiger charge is -2.21. The zero-order chi connectivity index (χ0) is 25.6. The van der Waals surface area contributed by atoms with Crippen molar-refractivity contribution in [1.29, 1.82) is 0 Å². The number of carbonyl (C=O) groups is 3. The van der Waals surface area contributed by atoms with Crippen molar-refractivity contribution >= 4 is 29.2 Å². The second kappa shape index (κ2) is 11.7. The summed E-state index contributed by atoms with van der Waals surface area (Å²) in [7, 11) is 1.71. The zero-order valence-electron chi connectivity index (χ0n) is 19.5. The number of halogens is 4. The Morgan fingerprint density at radius 3 is 2.29 bits per heavy atom. The number of Topliss-reactive ketones (excluding diaryl/α,β-unsaturated/α-hetero) is 1. The van der Waals surface area contributed by atoms with E-state index >= 15 is 0 Å². The summed E-state index contributed by atoms with van der Waals surface area (Å²) in [6.45, 7) is 0.501. The van der Waals surface area contributed by atoms with E-state index in [1.54, 1.807) is 30.1 Å². The van der Waals surface area contributed by atoms with E-state index in [-0.39, 0.29) is 44.0 Å². The van der Waals surface area contributed by atoms with Crippen molar-refractivity contribution in [2.45, 2.75) is 44.7 Å². The van der Waals surface area contributed by atoms with Gasteiger partial charge >= 0.3 is 12.1 Å². The van der Waals surface area contributed by atoms with Gasteiger partial charge in [0.25, 0.3) is 0 Å². The molecule has 1 aliphatic rings. The van der Waals surface area contributed by atoms with Crippen molar-refractivity contribution in [1.82, 2.24) is 9.80 Å². The number of alkyl halides is 3. The maximum absolute atomic E-state index is 12.8. The molecular formula is C26H28ClF3N2O3. The molecule has 0 aromatic heterocycles. The molecule has 1 heterocycles. The average molecular weight is 509 g/mol. The van der Waals surface area contributed by atoms with Crippen LogP contribution in [0.3, 0.4) is 0 Å². The number of ketones is 1. The third-order valence-corrected chi connectivity index (χ3v) is 6.48. The van der Waals surface area contributed by atoms with Crippen LogP contribution in [0.15, 0.2) is 42.5 Å². The number of hydrogen-bond acceptors (Lipinski definition) is 3. The van der Waals surface area contributed by atoms with E-state index in [9.17, 15) is 27.6 Å². The molecule has 2 aromatic carbocycles. The van der Waals surface area contributed by atoms with Gasteiger partial charge in [0.1, 0.15) is 0 Å². The molecule has 0 unspecified atom stereocenters. The molecule has 0 fully saturated rings. The van der Waals surface area contributed by atoms with Gasteiger partial charge in [-0.05, 0) is 60.6 Å². The molecule has 0 saturated heterocycles. The summed E-state index contributed by atoms with van der Waals surface area (Å²) in [4.78, 5) is 39.1. The predicted octanol–water partition coefficient (Wildman–Crippen LogP) is 4.88. The van der Waals surface area contributed by atoms with Gasteiger partial charge in [-0.2, -0.15) is 13.2 Å². The molecule has 3 rings (SSSR count). The summed E-state index contributed by atoms with van der Waals surface area (Å²) < 4.78 is 38.3. The first kappa shape index (κ1) is 26.7. The van der Waals surface area contributed by atoms with Crippen LogP contribution < -0.4 is 0 Å². The van der Waals surface area contributed by atoms with Crippen LogP contribution in [-0.4, -0.2) is 60.3 Å². The highest BCUT2D eigenvalue weighted by Crippen LogP contribution is 2.23. The van der Waals surface area contributed by atoms with Crippen LogP contribution in [-0.2, 0) is 28.9 Å². The van der Waals surface area contributed by atoms with E-state index in [4.69, 9.17) is 11.6 Å². The van der Waals surface area contributed by atoms with E-state index in [0.29, 0.717) is 23.6 Å². The molecule has 2 aromatic rings. The van der Waals surface area contributed by atoms with Gasteiger partial charge in [-0.25, -0.2) is 0 Å².